The van der Waals surface area contributed by atoms with Crippen LogP contribution in [0.1, 0.15) is 52.1 Å². The average molecular weight is 414 g/mol. The third kappa shape index (κ3) is 4.63. The van der Waals surface area contributed by atoms with Crippen molar-refractivity contribution in [1.82, 2.24) is 24.5 Å². The van der Waals surface area contributed by atoms with Crippen LogP contribution < -0.4 is 4.90 Å². The van der Waals surface area contributed by atoms with Crippen LogP contribution in [0.3, 0.4) is 0 Å². The summed E-state index contributed by atoms with van der Waals surface area (Å²) < 4.78 is 40.7. The molecule has 0 amide bonds. The Morgan fingerprint density at radius 2 is 1.76 bits per heavy atom. The number of nitrogens with zero attached hydrogens (tertiary/aromatic N) is 6. The van der Waals surface area contributed by atoms with Crippen LogP contribution in [0.25, 0.3) is 5.78 Å². The SMILES string of the molecule is CCC1CN(c2cc(C)nc3nc(C(F)(F)F)nn23)C(CC)CN1CC(C)(C)O. The van der Waals surface area contributed by atoms with Crippen LogP contribution in [0, 0.1) is 6.92 Å². The second-order valence-electron chi connectivity index (χ2n) is 8.42. The lowest BCUT2D eigenvalue weighted by atomic mass is 9.99. The predicted molar refractivity (Wildman–Crippen MR) is 104 cm³/mol. The molecule has 1 saturated heterocycles. The number of fused-ring (bicyclic) bond motifs is 1. The Bertz CT molecular complexity index is 860. The summed E-state index contributed by atoms with van der Waals surface area (Å²) in [6.45, 7) is 11.3. The first-order valence-corrected chi connectivity index (χ1v) is 9.97. The number of alkyl halides is 3. The van der Waals surface area contributed by atoms with E-state index >= 15 is 0 Å². The van der Waals surface area contributed by atoms with Crippen LogP contribution in [0.4, 0.5) is 19.0 Å². The van der Waals surface area contributed by atoms with Crippen LogP contribution in [-0.4, -0.2) is 66.9 Å². The van der Waals surface area contributed by atoms with E-state index in [4.69, 9.17) is 0 Å². The van der Waals surface area contributed by atoms with Gasteiger partial charge in [0.15, 0.2) is 0 Å². The number of aliphatic hydroxyl groups is 1. The molecular formula is C19H29F3N6O. The lowest BCUT2D eigenvalue weighted by molar-refractivity contribution is -0.144. The van der Waals surface area contributed by atoms with Gasteiger partial charge < -0.3 is 10.0 Å². The molecule has 1 N–H and O–H groups in total. The third-order valence-corrected chi connectivity index (χ3v) is 5.31. The van der Waals surface area contributed by atoms with E-state index in [-0.39, 0.29) is 17.9 Å². The number of aryl methyl sites for hydroxylation is 1. The van der Waals surface area contributed by atoms with Crippen molar-refractivity contribution in [1.29, 1.82) is 0 Å². The van der Waals surface area contributed by atoms with E-state index in [2.05, 4.69) is 38.7 Å². The molecule has 2 atom stereocenters. The number of anilines is 1. The Kier molecular flexibility index (Phi) is 5.79. The zero-order valence-corrected chi connectivity index (χ0v) is 17.5. The van der Waals surface area contributed by atoms with Gasteiger partial charge in [-0.3, -0.25) is 4.90 Å². The van der Waals surface area contributed by atoms with Crippen LogP contribution in [0.15, 0.2) is 6.07 Å². The molecule has 0 aromatic carbocycles. The highest BCUT2D eigenvalue weighted by molar-refractivity contribution is 5.49. The maximum absolute atomic E-state index is 13.2. The third-order valence-electron chi connectivity index (χ3n) is 5.31. The second kappa shape index (κ2) is 7.71. The Hall–Kier alpha value is -1.94. The molecule has 1 fully saturated rings. The minimum absolute atomic E-state index is 0.0471. The molecule has 2 aromatic heterocycles. The van der Waals surface area contributed by atoms with Crippen LogP contribution >= 0.6 is 0 Å². The normalized spacial score (nSPS) is 21.9. The van der Waals surface area contributed by atoms with Crippen molar-refractivity contribution in [3.05, 3.63) is 17.6 Å². The lowest BCUT2D eigenvalue weighted by Crippen LogP contribution is -2.60. The van der Waals surface area contributed by atoms with Gasteiger partial charge in [0.2, 0.25) is 0 Å². The maximum Gasteiger partial charge on any atom is 0.453 e. The first-order chi connectivity index (χ1) is 13.4. The smallest absolute Gasteiger partial charge is 0.389 e. The molecule has 0 spiro atoms. The Morgan fingerprint density at radius 1 is 1.10 bits per heavy atom. The number of β-amino-alcohol motifs (C(OH)–C–C–N with tert-alkyl or cyclic N) is 1. The van der Waals surface area contributed by atoms with E-state index in [9.17, 15) is 18.3 Å². The molecule has 3 rings (SSSR count). The summed E-state index contributed by atoms with van der Waals surface area (Å²) in [6, 6.07) is 2.00. The molecule has 2 aromatic rings. The molecule has 10 heteroatoms. The molecule has 29 heavy (non-hydrogen) atoms. The highest BCUT2D eigenvalue weighted by atomic mass is 19.4. The van der Waals surface area contributed by atoms with Gasteiger partial charge in [-0.15, -0.1) is 5.10 Å². The zero-order chi connectivity index (χ0) is 21.6. The van der Waals surface area contributed by atoms with Crippen molar-refractivity contribution < 1.29 is 18.3 Å². The Labute approximate surface area is 168 Å². The van der Waals surface area contributed by atoms with Crippen molar-refractivity contribution in [2.24, 2.45) is 0 Å². The van der Waals surface area contributed by atoms with Crippen LogP contribution in [0.5, 0.6) is 0 Å². The minimum Gasteiger partial charge on any atom is -0.389 e. The fraction of sp³-hybridized carbons (Fsp3) is 0.737. The molecule has 0 radical (unpaired) electrons. The molecule has 1 aliphatic rings. The molecule has 2 unspecified atom stereocenters. The fourth-order valence-electron chi connectivity index (χ4n) is 4.01. The standard InChI is InChI=1S/C19H29F3N6O/c1-6-13-10-27(14(7-2)9-26(13)11-18(4,5)29)15-8-12(3)23-17-24-16(19(20,21)22)25-28(15)17/h8,13-14,29H,6-7,9-11H2,1-5H3. The highest BCUT2D eigenvalue weighted by Crippen LogP contribution is 2.30. The fourth-order valence-corrected chi connectivity index (χ4v) is 4.01. The first-order valence-electron chi connectivity index (χ1n) is 9.97. The number of hydrogen-bond donors (Lipinski definition) is 1. The van der Waals surface area contributed by atoms with Gasteiger partial charge in [-0.1, -0.05) is 13.8 Å². The summed E-state index contributed by atoms with van der Waals surface area (Å²) in [5.74, 6) is -0.657. The van der Waals surface area contributed by atoms with E-state index in [1.54, 1.807) is 26.8 Å². The van der Waals surface area contributed by atoms with E-state index in [0.717, 1.165) is 12.8 Å². The summed E-state index contributed by atoms with van der Waals surface area (Å²) in [5.41, 5.74) is -0.225. The van der Waals surface area contributed by atoms with Gasteiger partial charge in [-0.05, 0) is 33.6 Å². The number of hydrogen-bond acceptors (Lipinski definition) is 6. The molecule has 162 valence electrons. The van der Waals surface area contributed by atoms with Gasteiger partial charge in [-0.2, -0.15) is 22.7 Å². The van der Waals surface area contributed by atoms with Crippen LogP contribution in [0.2, 0.25) is 0 Å². The van der Waals surface area contributed by atoms with Crippen molar-refractivity contribution in [2.45, 2.75) is 71.3 Å². The average Bonchev–Trinajstić information content (AvgIpc) is 3.03. The summed E-state index contributed by atoms with van der Waals surface area (Å²) in [6.07, 6.45) is -2.95. The molecule has 7 nitrogen and oxygen atoms in total. The Balaban J connectivity index is 2.02. The quantitative estimate of drug-likeness (QED) is 0.811. The van der Waals surface area contributed by atoms with Gasteiger partial charge in [0.1, 0.15) is 5.82 Å². The summed E-state index contributed by atoms with van der Waals surface area (Å²) >= 11 is 0. The molecule has 3 heterocycles. The van der Waals surface area contributed by atoms with Gasteiger partial charge >= 0.3 is 6.18 Å². The molecule has 1 aliphatic heterocycles. The zero-order valence-electron chi connectivity index (χ0n) is 17.5. The highest BCUT2D eigenvalue weighted by Gasteiger charge is 2.39. The molecule has 0 aliphatic carbocycles. The largest absolute Gasteiger partial charge is 0.453 e. The minimum atomic E-state index is -4.62. The van der Waals surface area contributed by atoms with Gasteiger partial charge in [0.25, 0.3) is 11.6 Å². The topological polar surface area (TPSA) is 69.8 Å². The van der Waals surface area contributed by atoms with Crippen molar-refractivity contribution >= 4 is 11.6 Å². The van der Waals surface area contributed by atoms with E-state index in [1.165, 1.54) is 4.52 Å². The monoisotopic (exact) mass is 414 g/mol. The van der Waals surface area contributed by atoms with Gasteiger partial charge in [-0.25, -0.2) is 4.98 Å². The van der Waals surface area contributed by atoms with E-state index in [1.807, 2.05) is 0 Å². The molecule has 0 saturated carbocycles. The molecular weight excluding hydrogens is 385 g/mol. The van der Waals surface area contributed by atoms with E-state index < -0.39 is 17.6 Å². The van der Waals surface area contributed by atoms with E-state index in [0.29, 0.717) is 31.1 Å². The lowest BCUT2D eigenvalue weighted by Gasteiger charge is -2.48. The predicted octanol–water partition coefficient (Wildman–Crippen LogP) is 2.90. The molecule has 0 bridgehead atoms. The number of aromatic nitrogens is 4. The number of rotatable bonds is 5. The van der Waals surface area contributed by atoms with Crippen LogP contribution in [-0.2, 0) is 6.18 Å². The summed E-state index contributed by atoms with van der Waals surface area (Å²) in [4.78, 5) is 12.1. The second-order valence-corrected chi connectivity index (χ2v) is 8.42. The Morgan fingerprint density at radius 3 is 2.31 bits per heavy atom. The van der Waals surface area contributed by atoms with Gasteiger partial charge in [0.05, 0.1) is 5.60 Å². The van der Waals surface area contributed by atoms with Crippen molar-refractivity contribution in [2.75, 3.05) is 24.5 Å². The van der Waals surface area contributed by atoms with Gasteiger partial charge in [0, 0.05) is 43.5 Å². The maximum atomic E-state index is 13.2. The van der Waals surface area contributed by atoms with Crippen molar-refractivity contribution in [3.63, 3.8) is 0 Å². The number of halogens is 3. The summed E-state index contributed by atoms with van der Waals surface area (Å²) in [7, 11) is 0. The van der Waals surface area contributed by atoms with Crippen molar-refractivity contribution in [3.8, 4) is 0 Å². The first kappa shape index (κ1) is 21.8. The summed E-state index contributed by atoms with van der Waals surface area (Å²) in [5, 5.41) is 14.0. The number of piperazine rings is 1.